The first kappa shape index (κ1) is 11.6. The molecule has 2 heteroatoms. The zero-order valence-corrected chi connectivity index (χ0v) is 10.1. The third kappa shape index (κ3) is 3.65. The lowest BCUT2D eigenvalue weighted by Crippen LogP contribution is -2.30. The van der Waals surface area contributed by atoms with Gasteiger partial charge in [0.15, 0.2) is 0 Å². The molecule has 0 aromatic rings. The molecule has 0 spiro atoms. The Labute approximate surface area is 78.2 Å². The smallest absolute Gasteiger partial charge is 0.0527 e. The molecule has 0 rings (SSSR count). The van der Waals surface area contributed by atoms with E-state index in [1.165, 1.54) is 30.6 Å². The second kappa shape index (κ2) is 6.12. The van der Waals surface area contributed by atoms with Crippen LogP contribution in [0.2, 0.25) is 24.2 Å². The number of thiol groups is 1. The van der Waals surface area contributed by atoms with Crippen molar-refractivity contribution in [3.05, 3.63) is 0 Å². The third-order valence-electron chi connectivity index (χ3n) is 3.12. The molecule has 0 saturated heterocycles. The second-order valence-corrected chi connectivity index (χ2v) is 9.46. The molecular weight excluding hydrogens is 168 g/mol. The summed E-state index contributed by atoms with van der Waals surface area (Å²) in [6, 6.07) is 5.90. The van der Waals surface area contributed by atoms with Crippen molar-refractivity contribution in [2.75, 3.05) is 5.75 Å². The molecule has 0 nitrogen and oxygen atoms in total. The monoisotopic (exact) mass is 190 g/mol. The van der Waals surface area contributed by atoms with Crippen LogP contribution in [0.1, 0.15) is 27.2 Å². The van der Waals surface area contributed by atoms with Crippen LogP contribution in [0.3, 0.4) is 0 Å². The lowest BCUT2D eigenvalue weighted by molar-refractivity contribution is 1.00. The molecule has 0 N–H and O–H groups in total. The summed E-state index contributed by atoms with van der Waals surface area (Å²) in [6.07, 6.45) is 1.34. The molecular formula is C9H22SSi. The fraction of sp³-hybridized carbons (Fsp3) is 1.00. The van der Waals surface area contributed by atoms with Gasteiger partial charge < -0.3 is 0 Å². The van der Waals surface area contributed by atoms with E-state index in [4.69, 9.17) is 0 Å². The molecule has 0 aliphatic heterocycles. The summed E-state index contributed by atoms with van der Waals surface area (Å²) in [4.78, 5) is 0. The van der Waals surface area contributed by atoms with Gasteiger partial charge in [0.25, 0.3) is 0 Å². The van der Waals surface area contributed by atoms with Crippen molar-refractivity contribution in [1.82, 2.24) is 0 Å². The van der Waals surface area contributed by atoms with Crippen molar-refractivity contribution < 1.29 is 0 Å². The van der Waals surface area contributed by atoms with Crippen molar-refractivity contribution in [2.45, 2.75) is 51.4 Å². The third-order valence-corrected chi connectivity index (χ3v) is 9.35. The normalized spacial score (nSPS) is 12.0. The predicted octanol–water partition coefficient (Wildman–Crippen LogP) is 3.81. The van der Waals surface area contributed by atoms with Gasteiger partial charge in [0, 0.05) is 0 Å². The van der Waals surface area contributed by atoms with Gasteiger partial charge >= 0.3 is 0 Å². The van der Waals surface area contributed by atoms with Crippen LogP contribution in [0.15, 0.2) is 0 Å². The van der Waals surface area contributed by atoms with Crippen LogP contribution >= 0.6 is 12.6 Å². The standard InChI is InChI=1S/C9H22SSi/c1-4-11(5-2,6-3)9-7-8-10/h10H,4-9H2,1-3H3. The average Bonchev–Trinajstić information content (AvgIpc) is 2.08. The highest BCUT2D eigenvalue weighted by molar-refractivity contribution is 7.80. The van der Waals surface area contributed by atoms with Crippen molar-refractivity contribution in [1.29, 1.82) is 0 Å². The minimum absolute atomic E-state index is 0.787. The molecule has 0 radical (unpaired) electrons. The van der Waals surface area contributed by atoms with Crippen molar-refractivity contribution >= 4 is 20.7 Å². The summed E-state index contributed by atoms with van der Waals surface area (Å²) in [7, 11) is -0.787. The van der Waals surface area contributed by atoms with E-state index in [1.807, 2.05) is 0 Å². The van der Waals surface area contributed by atoms with Crippen LogP contribution in [0.4, 0.5) is 0 Å². The summed E-state index contributed by atoms with van der Waals surface area (Å²) in [5, 5.41) is 0. The Kier molecular flexibility index (Phi) is 6.44. The lowest BCUT2D eigenvalue weighted by Gasteiger charge is -2.27. The van der Waals surface area contributed by atoms with Crippen LogP contribution in [-0.4, -0.2) is 13.8 Å². The molecule has 0 amide bonds. The van der Waals surface area contributed by atoms with Crippen LogP contribution in [0.25, 0.3) is 0 Å². The average molecular weight is 190 g/mol. The molecule has 0 fully saturated rings. The first-order valence-corrected chi connectivity index (χ1v) is 8.31. The van der Waals surface area contributed by atoms with Crippen LogP contribution < -0.4 is 0 Å². The van der Waals surface area contributed by atoms with Crippen molar-refractivity contribution in [3.8, 4) is 0 Å². The van der Waals surface area contributed by atoms with E-state index in [1.54, 1.807) is 0 Å². The van der Waals surface area contributed by atoms with E-state index in [-0.39, 0.29) is 0 Å². The van der Waals surface area contributed by atoms with E-state index < -0.39 is 8.07 Å². The molecule has 0 unspecified atom stereocenters. The minimum atomic E-state index is -0.787. The van der Waals surface area contributed by atoms with Gasteiger partial charge in [0.05, 0.1) is 8.07 Å². The zero-order valence-electron chi connectivity index (χ0n) is 8.19. The Morgan fingerprint density at radius 1 is 1.00 bits per heavy atom. The SMILES string of the molecule is CC[Si](CC)(CC)CCCS. The van der Waals surface area contributed by atoms with Crippen LogP contribution in [0.5, 0.6) is 0 Å². The largest absolute Gasteiger partial charge is 0.179 e. The predicted molar refractivity (Wildman–Crippen MR) is 60.5 cm³/mol. The minimum Gasteiger partial charge on any atom is -0.179 e. The molecule has 0 aromatic heterocycles. The molecule has 0 aliphatic rings. The number of hydrogen-bond donors (Lipinski definition) is 1. The Hall–Kier alpha value is 0.567. The van der Waals surface area contributed by atoms with Gasteiger partial charge in [0.2, 0.25) is 0 Å². The van der Waals surface area contributed by atoms with Gasteiger partial charge in [-0.15, -0.1) is 0 Å². The van der Waals surface area contributed by atoms with E-state index in [2.05, 4.69) is 33.4 Å². The van der Waals surface area contributed by atoms with Gasteiger partial charge in [0.1, 0.15) is 0 Å². The molecule has 0 saturated carbocycles. The van der Waals surface area contributed by atoms with Gasteiger partial charge in [-0.3, -0.25) is 0 Å². The summed E-state index contributed by atoms with van der Waals surface area (Å²) in [5.74, 6) is 1.08. The number of hydrogen-bond acceptors (Lipinski definition) is 1. The van der Waals surface area contributed by atoms with E-state index >= 15 is 0 Å². The Balaban J connectivity index is 3.84. The van der Waals surface area contributed by atoms with Gasteiger partial charge in [-0.2, -0.15) is 12.6 Å². The molecule has 0 aromatic carbocycles. The van der Waals surface area contributed by atoms with Gasteiger partial charge in [-0.05, 0) is 12.2 Å². The first-order chi connectivity index (χ1) is 5.24. The highest BCUT2D eigenvalue weighted by atomic mass is 32.1. The van der Waals surface area contributed by atoms with Crippen molar-refractivity contribution in [3.63, 3.8) is 0 Å². The fourth-order valence-corrected chi connectivity index (χ4v) is 5.68. The highest BCUT2D eigenvalue weighted by Crippen LogP contribution is 2.26. The van der Waals surface area contributed by atoms with E-state index in [0.717, 1.165) is 5.75 Å². The molecule has 0 atom stereocenters. The van der Waals surface area contributed by atoms with E-state index in [0.29, 0.717) is 0 Å². The maximum absolute atomic E-state index is 4.27. The molecule has 0 heterocycles. The second-order valence-electron chi connectivity index (χ2n) is 3.39. The van der Waals surface area contributed by atoms with Gasteiger partial charge in [-0.25, -0.2) is 0 Å². The summed E-state index contributed by atoms with van der Waals surface area (Å²) < 4.78 is 0. The Morgan fingerprint density at radius 2 is 1.45 bits per heavy atom. The summed E-state index contributed by atoms with van der Waals surface area (Å²) in [5.41, 5.74) is 0. The van der Waals surface area contributed by atoms with Crippen molar-refractivity contribution in [2.24, 2.45) is 0 Å². The molecule has 0 aliphatic carbocycles. The highest BCUT2D eigenvalue weighted by Gasteiger charge is 2.24. The summed E-state index contributed by atoms with van der Waals surface area (Å²) in [6.45, 7) is 7.12. The maximum atomic E-state index is 4.27. The van der Waals surface area contributed by atoms with Crippen LogP contribution in [0, 0.1) is 0 Å². The Morgan fingerprint density at radius 3 is 1.73 bits per heavy atom. The van der Waals surface area contributed by atoms with E-state index in [9.17, 15) is 0 Å². The summed E-state index contributed by atoms with van der Waals surface area (Å²) >= 11 is 4.27. The molecule has 0 bridgehead atoms. The van der Waals surface area contributed by atoms with Crippen LogP contribution in [-0.2, 0) is 0 Å². The number of rotatable bonds is 6. The molecule has 68 valence electrons. The first-order valence-electron chi connectivity index (χ1n) is 4.85. The Bertz CT molecular complexity index is 81.3. The van der Waals surface area contributed by atoms with Gasteiger partial charge in [-0.1, -0.05) is 44.9 Å². The molecule has 11 heavy (non-hydrogen) atoms. The fourth-order valence-electron chi connectivity index (χ4n) is 1.73. The lowest BCUT2D eigenvalue weighted by atomic mass is 10.6. The topological polar surface area (TPSA) is 0 Å². The maximum Gasteiger partial charge on any atom is 0.0527 e. The quantitative estimate of drug-likeness (QED) is 0.478. The zero-order chi connectivity index (χ0) is 8.74.